The number of rotatable bonds is 8. The molecule has 0 fully saturated rings. The molecule has 0 unspecified atom stereocenters. The number of sulfonamides is 1. The molecule has 0 aliphatic heterocycles. The van der Waals surface area contributed by atoms with Crippen LogP contribution in [0.4, 0.5) is 18.9 Å². The van der Waals surface area contributed by atoms with Crippen molar-refractivity contribution in [1.29, 1.82) is 0 Å². The summed E-state index contributed by atoms with van der Waals surface area (Å²) in [5.41, 5.74) is -0.595. The van der Waals surface area contributed by atoms with Crippen LogP contribution in [-0.2, 0) is 22.7 Å². The number of nitrogens with zero attached hydrogens (tertiary/aromatic N) is 2. The first kappa shape index (κ1) is 22.6. The van der Waals surface area contributed by atoms with Gasteiger partial charge in [0.1, 0.15) is 17.1 Å². The van der Waals surface area contributed by atoms with Crippen LogP contribution in [0, 0.1) is 0 Å². The average molecular weight is 450 g/mol. The lowest BCUT2D eigenvalue weighted by Crippen LogP contribution is -2.32. The van der Waals surface area contributed by atoms with Gasteiger partial charge in [0, 0.05) is 12.4 Å². The standard InChI is InChI=1S/C22H21F3N2O3S/c1-2-13-31(28,29)27(16-17-7-6-12-26-15-17)18-10-11-21(20(14-18)22(23,24)25)30-19-8-4-3-5-9-19/h3-12,14-15H,2,13,16H2,1H3. The average Bonchev–Trinajstić information content (AvgIpc) is 2.73. The Balaban J connectivity index is 2.06. The first-order valence-electron chi connectivity index (χ1n) is 9.54. The van der Waals surface area contributed by atoms with Gasteiger partial charge in [0.15, 0.2) is 0 Å². The first-order chi connectivity index (χ1) is 14.7. The highest BCUT2D eigenvalue weighted by Crippen LogP contribution is 2.41. The van der Waals surface area contributed by atoms with Crippen molar-refractivity contribution in [2.45, 2.75) is 26.1 Å². The maximum atomic E-state index is 13.8. The summed E-state index contributed by atoms with van der Waals surface area (Å²) in [4.78, 5) is 3.96. The van der Waals surface area contributed by atoms with E-state index in [4.69, 9.17) is 4.74 Å². The molecule has 5 nitrogen and oxygen atoms in total. The minimum absolute atomic E-state index is 0.0926. The fourth-order valence-corrected chi connectivity index (χ4v) is 4.49. The Bertz CT molecular complexity index is 1110. The van der Waals surface area contributed by atoms with Crippen molar-refractivity contribution in [3.05, 3.63) is 84.2 Å². The molecule has 164 valence electrons. The normalized spacial score (nSPS) is 11.9. The number of hydrogen-bond acceptors (Lipinski definition) is 4. The van der Waals surface area contributed by atoms with Crippen molar-refractivity contribution in [2.24, 2.45) is 0 Å². The van der Waals surface area contributed by atoms with Gasteiger partial charge in [-0.1, -0.05) is 31.2 Å². The van der Waals surface area contributed by atoms with Crippen LogP contribution in [0.5, 0.6) is 11.5 Å². The van der Waals surface area contributed by atoms with E-state index in [1.54, 1.807) is 37.3 Å². The molecule has 0 N–H and O–H groups in total. The Hall–Kier alpha value is -3.07. The SMILES string of the molecule is CCCS(=O)(=O)N(Cc1cccnc1)c1ccc(Oc2ccccc2)c(C(F)(F)F)c1. The van der Waals surface area contributed by atoms with Crippen molar-refractivity contribution in [3.63, 3.8) is 0 Å². The van der Waals surface area contributed by atoms with Gasteiger partial charge >= 0.3 is 6.18 Å². The zero-order chi connectivity index (χ0) is 22.5. The minimum Gasteiger partial charge on any atom is -0.457 e. The largest absolute Gasteiger partial charge is 0.457 e. The van der Waals surface area contributed by atoms with E-state index in [0.717, 1.165) is 16.4 Å². The highest BCUT2D eigenvalue weighted by atomic mass is 32.2. The molecule has 31 heavy (non-hydrogen) atoms. The molecular formula is C22H21F3N2O3S. The fourth-order valence-electron chi connectivity index (χ4n) is 2.97. The Morgan fingerprint density at radius 3 is 2.39 bits per heavy atom. The predicted octanol–water partition coefficient (Wildman–Crippen LogP) is 5.64. The zero-order valence-corrected chi connectivity index (χ0v) is 17.5. The van der Waals surface area contributed by atoms with E-state index in [9.17, 15) is 21.6 Å². The number of ether oxygens (including phenoxy) is 1. The van der Waals surface area contributed by atoms with Gasteiger partial charge in [-0.05, 0) is 48.4 Å². The molecule has 0 atom stereocenters. The van der Waals surface area contributed by atoms with Gasteiger partial charge in [-0.2, -0.15) is 13.2 Å². The monoisotopic (exact) mass is 450 g/mol. The van der Waals surface area contributed by atoms with Crippen LogP contribution in [0.3, 0.4) is 0 Å². The maximum Gasteiger partial charge on any atom is 0.420 e. The van der Waals surface area contributed by atoms with E-state index in [0.29, 0.717) is 12.0 Å². The summed E-state index contributed by atoms with van der Waals surface area (Å²) >= 11 is 0. The summed E-state index contributed by atoms with van der Waals surface area (Å²) in [5.74, 6) is -0.361. The van der Waals surface area contributed by atoms with E-state index in [1.807, 2.05) is 0 Å². The summed E-state index contributed by atoms with van der Waals surface area (Å²) in [6.45, 7) is 1.56. The third kappa shape index (κ3) is 5.75. The van der Waals surface area contributed by atoms with Gasteiger partial charge in [-0.25, -0.2) is 8.42 Å². The van der Waals surface area contributed by atoms with Crippen LogP contribution in [0.2, 0.25) is 0 Å². The second-order valence-electron chi connectivity index (χ2n) is 6.78. The van der Waals surface area contributed by atoms with Gasteiger partial charge in [-0.3, -0.25) is 9.29 Å². The van der Waals surface area contributed by atoms with Crippen molar-refractivity contribution in [3.8, 4) is 11.5 Å². The molecule has 0 saturated heterocycles. The topological polar surface area (TPSA) is 59.5 Å². The lowest BCUT2D eigenvalue weighted by Gasteiger charge is -2.26. The van der Waals surface area contributed by atoms with Gasteiger partial charge in [0.05, 0.1) is 18.0 Å². The molecule has 0 bridgehead atoms. The van der Waals surface area contributed by atoms with Crippen LogP contribution in [-0.4, -0.2) is 19.2 Å². The zero-order valence-electron chi connectivity index (χ0n) is 16.7. The summed E-state index contributed by atoms with van der Waals surface area (Å²) < 4.78 is 73.6. The molecule has 3 aromatic rings. The summed E-state index contributed by atoms with van der Waals surface area (Å²) in [6, 6.07) is 14.6. The van der Waals surface area contributed by atoms with Crippen LogP contribution < -0.4 is 9.04 Å². The van der Waals surface area contributed by atoms with Crippen molar-refractivity contribution in [1.82, 2.24) is 4.98 Å². The molecule has 1 aromatic heterocycles. The van der Waals surface area contributed by atoms with E-state index in [2.05, 4.69) is 4.98 Å². The molecule has 0 spiro atoms. The number of anilines is 1. The van der Waals surface area contributed by atoms with Crippen molar-refractivity contribution < 1.29 is 26.3 Å². The van der Waals surface area contributed by atoms with E-state index >= 15 is 0 Å². The number of benzene rings is 2. The Morgan fingerprint density at radius 2 is 1.77 bits per heavy atom. The Labute approximate surface area is 179 Å². The lowest BCUT2D eigenvalue weighted by atomic mass is 10.1. The molecule has 0 radical (unpaired) electrons. The third-order valence-electron chi connectivity index (χ3n) is 4.37. The molecule has 9 heteroatoms. The quantitative estimate of drug-likeness (QED) is 0.446. The van der Waals surface area contributed by atoms with E-state index < -0.39 is 27.5 Å². The highest BCUT2D eigenvalue weighted by Gasteiger charge is 2.36. The first-order valence-corrected chi connectivity index (χ1v) is 11.1. The van der Waals surface area contributed by atoms with Gasteiger partial charge in [0.2, 0.25) is 10.0 Å². The smallest absolute Gasteiger partial charge is 0.420 e. The molecule has 0 aliphatic rings. The van der Waals surface area contributed by atoms with Crippen molar-refractivity contribution >= 4 is 15.7 Å². The second kappa shape index (κ2) is 9.38. The number of hydrogen-bond donors (Lipinski definition) is 0. The van der Waals surface area contributed by atoms with Gasteiger partial charge < -0.3 is 4.74 Å². The molecule has 1 heterocycles. The highest BCUT2D eigenvalue weighted by molar-refractivity contribution is 7.92. The molecule has 0 amide bonds. The van der Waals surface area contributed by atoms with Gasteiger partial charge in [0.25, 0.3) is 0 Å². The number of halogens is 3. The van der Waals surface area contributed by atoms with E-state index in [-0.39, 0.29) is 23.7 Å². The fraction of sp³-hybridized carbons (Fsp3) is 0.227. The number of aromatic nitrogens is 1. The predicted molar refractivity (Wildman–Crippen MR) is 112 cm³/mol. The summed E-state index contributed by atoms with van der Waals surface area (Å²) in [7, 11) is -3.86. The number of pyridine rings is 1. The molecular weight excluding hydrogens is 429 g/mol. The van der Waals surface area contributed by atoms with Crippen LogP contribution in [0.15, 0.2) is 73.1 Å². The maximum absolute atomic E-state index is 13.8. The molecule has 3 rings (SSSR count). The number of alkyl halides is 3. The lowest BCUT2D eigenvalue weighted by molar-refractivity contribution is -0.138. The Morgan fingerprint density at radius 1 is 1.03 bits per heavy atom. The molecule has 0 aliphatic carbocycles. The summed E-state index contributed by atoms with van der Waals surface area (Å²) in [5, 5.41) is 0. The Kier molecular flexibility index (Phi) is 6.84. The molecule has 0 saturated carbocycles. The van der Waals surface area contributed by atoms with Gasteiger partial charge in [-0.15, -0.1) is 0 Å². The minimum atomic E-state index is -4.74. The van der Waals surface area contributed by atoms with Crippen molar-refractivity contribution in [2.75, 3.05) is 10.1 Å². The second-order valence-corrected chi connectivity index (χ2v) is 8.79. The van der Waals surface area contributed by atoms with E-state index in [1.165, 1.54) is 30.6 Å². The van der Waals surface area contributed by atoms with Crippen LogP contribution in [0.1, 0.15) is 24.5 Å². The summed E-state index contributed by atoms with van der Waals surface area (Å²) in [6.07, 6.45) is -1.40. The molecule has 2 aromatic carbocycles. The number of para-hydroxylation sites is 1. The van der Waals surface area contributed by atoms with Crippen LogP contribution in [0.25, 0.3) is 0 Å². The third-order valence-corrected chi connectivity index (χ3v) is 6.31. The van der Waals surface area contributed by atoms with Crippen LogP contribution >= 0.6 is 0 Å².